The molecule has 1 aliphatic carbocycles. The highest BCUT2D eigenvalue weighted by atomic mass is 32.1. The van der Waals surface area contributed by atoms with Crippen molar-refractivity contribution in [2.24, 2.45) is 5.41 Å². The number of carbonyl (C=O) groups excluding carboxylic acids is 2. The molecule has 0 unspecified atom stereocenters. The molecule has 5 nitrogen and oxygen atoms in total. The highest BCUT2D eigenvalue weighted by Crippen LogP contribution is 2.64. The van der Waals surface area contributed by atoms with E-state index >= 15 is 0 Å². The number of likely N-dealkylation sites (N-methyl/N-ethyl adjacent to an activating group) is 1. The van der Waals surface area contributed by atoms with E-state index in [-0.39, 0.29) is 11.6 Å². The number of rotatable bonds is 3. The van der Waals surface area contributed by atoms with Crippen LogP contribution in [0.3, 0.4) is 0 Å². The Kier molecular flexibility index (Phi) is 4.27. The number of thiophene rings is 1. The second kappa shape index (κ2) is 7.23. The van der Waals surface area contributed by atoms with Gasteiger partial charge in [0.2, 0.25) is 0 Å². The first-order valence-electron chi connectivity index (χ1n) is 11.9. The molecule has 1 aliphatic heterocycles. The van der Waals surface area contributed by atoms with Crippen molar-refractivity contribution >= 4 is 44.6 Å². The molecule has 0 radical (unpaired) electrons. The number of likely N-dealkylation sites (tertiary alicyclic amines) is 1. The van der Waals surface area contributed by atoms with Crippen LogP contribution in [-0.4, -0.2) is 35.0 Å². The number of Topliss-reactive ketones (excluding diaryl/α,β-unsaturated/α-hetero) is 2. The van der Waals surface area contributed by atoms with E-state index in [0.29, 0.717) is 17.7 Å². The van der Waals surface area contributed by atoms with E-state index in [1.807, 2.05) is 90.1 Å². The molecule has 1 spiro atoms. The van der Waals surface area contributed by atoms with Crippen molar-refractivity contribution in [1.29, 1.82) is 5.26 Å². The first-order chi connectivity index (χ1) is 17.6. The molecule has 0 bridgehead atoms. The monoisotopic (exact) mass is 487 g/mol. The second-order valence-corrected chi connectivity index (χ2v) is 10.7. The van der Waals surface area contributed by atoms with Gasteiger partial charge in [0.05, 0.1) is 6.07 Å². The quantitative estimate of drug-likeness (QED) is 0.322. The van der Waals surface area contributed by atoms with E-state index in [2.05, 4.69) is 11.1 Å². The standard InChI is InChI=1S/C30H21N3O2S/c1-33-16-23(25-13-6-14-36-25)29(17-31,27(34)21-15-32-24-12-3-2-9-19(21)24)30(33)22-11-5-8-18-7-4-10-20(26(18)22)28(30)35/h2-15,23,32H,16H2,1H3/t23-,29+,30-/m0/s1. The fourth-order valence-electron chi connectivity index (χ4n) is 6.82. The molecule has 7 rings (SSSR count). The number of nitriles is 1. The maximum absolute atomic E-state index is 14.9. The predicted molar refractivity (Wildman–Crippen MR) is 140 cm³/mol. The first kappa shape index (κ1) is 21.3. The Hall–Kier alpha value is -4.05. The number of H-pyrrole nitrogens is 1. The number of fused-ring (bicyclic) bond motifs is 2. The van der Waals surface area contributed by atoms with Crippen molar-refractivity contribution < 1.29 is 9.59 Å². The van der Waals surface area contributed by atoms with Crippen molar-refractivity contribution in [1.82, 2.24) is 9.88 Å². The van der Waals surface area contributed by atoms with Gasteiger partial charge in [0.15, 0.2) is 17.0 Å². The van der Waals surface area contributed by atoms with Gasteiger partial charge in [0, 0.05) is 45.6 Å². The van der Waals surface area contributed by atoms with E-state index in [9.17, 15) is 14.9 Å². The van der Waals surface area contributed by atoms with Crippen LogP contribution < -0.4 is 0 Å². The fourth-order valence-corrected chi connectivity index (χ4v) is 7.70. The van der Waals surface area contributed by atoms with Gasteiger partial charge in [-0.3, -0.25) is 14.5 Å². The summed E-state index contributed by atoms with van der Waals surface area (Å²) in [5.74, 6) is -0.962. The molecule has 6 heteroatoms. The SMILES string of the molecule is CN1C[C@@H](c2cccs2)[C@](C#N)(C(=O)c2c[nH]c3ccccc23)[C@]12C(=O)c1cccc3cccc2c13. The largest absolute Gasteiger partial charge is 0.360 e. The molecule has 3 heterocycles. The molecule has 0 saturated carbocycles. The molecule has 1 fully saturated rings. The number of carbonyl (C=O) groups is 2. The van der Waals surface area contributed by atoms with Crippen LogP contribution in [0, 0.1) is 16.7 Å². The van der Waals surface area contributed by atoms with Gasteiger partial charge >= 0.3 is 0 Å². The lowest BCUT2D eigenvalue weighted by molar-refractivity contribution is 0.0453. The van der Waals surface area contributed by atoms with Crippen molar-refractivity contribution in [2.45, 2.75) is 11.5 Å². The Labute approximate surface area is 211 Å². The number of para-hydroxylation sites is 1. The van der Waals surface area contributed by atoms with Crippen molar-refractivity contribution in [3.8, 4) is 6.07 Å². The average Bonchev–Trinajstić information content (AvgIpc) is 3.68. The van der Waals surface area contributed by atoms with Crippen LogP contribution in [0.1, 0.15) is 37.1 Å². The summed E-state index contributed by atoms with van der Waals surface area (Å²) in [6.07, 6.45) is 1.69. The first-order valence-corrected chi connectivity index (χ1v) is 12.8. The molecule has 3 aromatic carbocycles. The van der Waals surface area contributed by atoms with Crippen LogP contribution in [0.25, 0.3) is 21.7 Å². The lowest BCUT2D eigenvalue weighted by Crippen LogP contribution is -2.57. The number of ketones is 2. The number of nitrogens with one attached hydrogen (secondary N) is 1. The van der Waals surface area contributed by atoms with E-state index in [1.54, 1.807) is 6.20 Å². The minimum Gasteiger partial charge on any atom is -0.360 e. The molecule has 1 N–H and O–H groups in total. The topological polar surface area (TPSA) is 77.0 Å². The number of hydrogen-bond acceptors (Lipinski definition) is 5. The molecule has 1 saturated heterocycles. The van der Waals surface area contributed by atoms with Crippen LogP contribution in [0.15, 0.2) is 84.4 Å². The Morgan fingerprint density at radius 1 is 1.08 bits per heavy atom. The molecule has 5 aromatic rings. The molecule has 0 amide bonds. The summed E-state index contributed by atoms with van der Waals surface area (Å²) in [6.45, 7) is 0.415. The number of nitrogens with zero attached hydrogens (tertiary/aromatic N) is 2. The van der Waals surface area contributed by atoms with Crippen molar-refractivity contribution in [3.63, 3.8) is 0 Å². The van der Waals surface area contributed by atoms with Gasteiger partial charge < -0.3 is 4.98 Å². The van der Waals surface area contributed by atoms with E-state index in [4.69, 9.17) is 0 Å². The number of hydrogen-bond donors (Lipinski definition) is 1. The zero-order valence-corrected chi connectivity index (χ0v) is 20.3. The third kappa shape index (κ3) is 2.28. The summed E-state index contributed by atoms with van der Waals surface area (Å²) >= 11 is 1.53. The number of aromatic amines is 1. The molecule has 36 heavy (non-hydrogen) atoms. The van der Waals surface area contributed by atoms with Crippen LogP contribution in [0.5, 0.6) is 0 Å². The maximum Gasteiger partial charge on any atom is 0.190 e. The van der Waals surface area contributed by atoms with E-state index in [0.717, 1.165) is 32.1 Å². The highest BCUT2D eigenvalue weighted by Gasteiger charge is 2.74. The Morgan fingerprint density at radius 2 is 1.89 bits per heavy atom. The summed E-state index contributed by atoms with van der Waals surface area (Å²) in [4.78, 5) is 35.6. The Bertz CT molecular complexity index is 1760. The Balaban J connectivity index is 1.60. The van der Waals surface area contributed by atoms with Crippen molar-refractivity contribution in [2.75, 3.05) is 13.6 Å². The summed E-state index contributed by atoms with van der Waals surface area (Å²) in [6, 6.07) is 25.5. The van der Waals surface area contributed by atoms with Crippen LogP contribution in [0.2, 0.25) is 0 Å². The third-order valence-corrected chi connectivity index (χ3v) is 9.23. The zero-order chi connectivity index (χ0) is 24.7. The Morgan fingerprint density at radius 3 is 2.67 bits per heavy atom. The van der Waals surface area contributed by atoms with Gasteiger partial charge in [-0.05, 0) is 40.9 Å². The molecule has 3 atom stereocenters. The van der Waals surface area contributed by atoms with Gasteiger partial charge in [-0.2, -0.15) is 5.26 Å². The summed E-state index contributed by atoms with van der Waals surface area (Å²) in [5, 5.41) is 15.7. The predicted octanol–water partition coefficient (Wildman–Crippen LogP) is 5.90. The second-order valence-electron chi connectivity index (χ2n) is 9.69. The van der Waals surface area contributed by atoms with Gasteiger partial charge in [-0.15, -0.1) is 11.3 Å². The highest BCUT2D eigenvalue weighted by molar-refractivity contribution is 7.10. The van der Waals surface area contributed by atoms with Gasteiger partial charge in [0.25, 0.3) is 0 Å². The summed E-state index contributed by atoms with van der Waals surface area (Å²) < 4.78 is 0. The minimum absolute atomic E-state index is 0.175. The van der Waals surface area contributed by atoms with E-state index in [1.165, 1.54) is 11.3 Å². The van der Waals surface area contributed by atoms with Crippen molar-refractivity contribution in [3.05, 3.63) is 106 Å². The van der Waals surface area contributed by atoms with Crippen LogP contribution >= 0.6 is 11.3 Å². The molecule has 2 aliphatic rings. The van der Waals surface area contributed by atoms with Crippen LogP contribution in [0.4, 0.5) is 0 Å². The summed E-state index contributed by atoms with van der Waals surface area (Å²) in [7, 11) is 1.88. The normalized spacial score (nSPS) is 25.2. The van der Waals surface area contributed by atoms with Crippen LogP contribution in [-0.2, 0) is 5.54 Å². The van der Waals surface area contributed by atoms with Gasteiger partial charge in [0.1, 0.15) is 5.54 Å². The lowest BCUT2D eigenvalue weighted by atomic mass is 9.59. The lowest BCUT2D eigenvalue weighted by Gasteiger charge is -2.42. The number of benzene rings is 3. The maximum atomic E-state index is 14.9. The van der Waals surface area contributed by atoms with Gasteiger partial charge in [-0.1, -0.05) is 60.7 Å². The molecule has 174 valence electrons. The molecular weight excluding hydrogens is 466 g/mol. The van der Waals surface area contributed by atoms with E-state index < -0.39 is 16.9 Å². The number of aromatic nitrogens is 1. The molecular formula is C30H21N3O2S. The smallest absolute Gasteiger partial charge is 0.190 e. The minimum atomic E-state index is -1.66. The van der Waals surface area contributed by atoms with Gasteiger partial charge in [-0.25, -0.2) is 0 Å². The molecule has 2 aromatic heterocycles. The summed E-state index contributed by atoms with van der Waals surface area (Å²) in [5.41, 5.74) is -0.508. The fraction of sp³-hybridized carbons (Fsp3) is 0.167. The average molecular weight is 488 g/mol. The third-order valence-electron chi connectivity index (χ3n) is 8.25. The zero-order valence-electron chi connectivity index (χ0n) is 19.5.